The molecule has 1 amide bonds. The van der Waals surface area contributed by atoms with E-state index in [1.807, 2.05) is 19.1 Å². The molecule has 1 N–H and O–H groups in total. The molecule has 0 bridgehead atoms. The first-order valence-electron chi connectivity index (χ1n) is 7.44. The van der Waals surface area contributed by atoms with Crippen LogP contribution in [0.5, 0.6) is 0 Å². The number of carbonyl (C=O) groups excluding carboxylic acids is 1. The molecular formula is C18H16BrCl2NO. The normalized spacial score (nSPS) is 16.7. The fourth-order valence-corrected chi connectivity index (χ4v) is 3.61. The quantitative estimate of drug-likeness (QED) is 0.694. The molecule has 2 nitrogen and oxygen atoms in total. The zero-order valence-electron chi connectivity index (χ0n) is 12.6. The van der Waals surface area contributed by atoms with Gasteiger partial charge in [-0.25, -0.2) is 0 Å². The number of benzene rings is 2. The van der Waals surface area contributed by atoms with Gasteiger partial charge in [-0.2, -0.15) is 0 Å². The Labute approximate surface area is 154 Å². The molecule has 1 aliphatic carbocycles. The van der Waals surface area contributed by atoms with E-state index in [1.165, 1.54) is 5.56 Å². The highest BCUT2D eigenvalue weighted by atomic mass is 79.9. The molecule has 0 aliphatic heterocycles. The van der Waals surface area contributed by atoms with Crippen molar-refractivity contribution in [3.05, 3.63) is 68.1 Å². The Morgan fingerprint density at radius 1 is 1.17 bits per heavy atom. The molecule has 23 heavy (non-hydrogen) atoms. The van der Waals surface area contributed by atoms with Crippen molar-refractivity contribution in [2.45, 2.75) is 31.2 Å². The number of amides is 1. The molecule has 0 heterocycles. The average Bonchev–Trinajstić information content (AvgIpc) is 3.32. The first-order chi connectivity index (χ1) is 10.9. The number of carbonyl (C=O) groups is 1. The lowest BCUT2D eigenvalue weighted by atomic mass is 9.89. The fraction of sp³-hybridized carbons (Fsp3) is 0.278. The van der Waals surface area contributed by atoms with Crippen LogP contribution in [0.15, 0.2) is 46.9 Å². The third kappa shape index (κ3) is 3.42. The molecule has 2 aromatic rings. The van der Waals surface area contributed by atoms with Gasteiger partial charge < -0.3 is 5.32 Å². The van der Waals surface area contributed by atoms with E-state index >= 15 is 0 Å². The summed E-state index contributed by atoms with van der Waals surface area (Å²) in [6, 6.07) is 13.3. The van der Waals surface area contributed by atoms with Crippen LogP contribution in [0.4, 0.5) is 0 Å². The summed E-state index contributed by atoms with van der Waals surface area (Å²) in [5, 5.41) is 4.00. The predicted octanol–water partition coefficient (Wildman–Crippen LogP) is 5.61. The summed E-state index contributed by atoms with van der Waals surface area (Å²) in [7, 11) is 0. The number of nitrogens with one attached hydrogen (secondary N) is 1. The van der Waals surface area contributed by atoms with E-state index in [4.69, 9.17) is 23.2 Å². The fourth-order valence-electron chi connectivity index (χ4n) is 2.97. The van der Waals surface area contributed by atoms with Gasteiger partial charge in [0.25, 0.3) is 5.91 Å². The van der Waals surface area contributed by atoms with Gasteiger partial charge in [-0.3, -0.25) is 4.79 Å². The molecule has 0 aromatic heterocycles. The smallest absolute Gasteiger partial charge is 0.253 e. The Kier molecular flexibility index (Phi) is 4.73. The van der Waals surface area contributed by atoms with Crippen LogP contribution in [0.1, 0.15) is 35.7 Å². The molecule has 2 aromatic carbocycles. The zero-order chi connectivity index (χ0) is 16.6. The van der Waals surface area contributed by atoms with Gasteiger partial charge in [-0.05, 0) is 55.7 Å². The molecule has 1 fully saturated rings. The molecule has 3 rings (SSSR count). The Morgan fingerprint density at radius 2 is 1.83 bits per heavy atom. The van der Waals surface area contributed by atoms with Gasteiger partial charge in [0.15, 0.2) is 0 Å². The predicted molar refractivity (Wildman–Crippen MR) is 98.4 cm³/mol. The molecule has 1 unspecified atom stereocenters. The van der Waals surface area contributed by atoms with Crippen LogP contribution in [0.2, 0.25) is 10.0 Å². The minimum atomic E-state index is -0.187. The van der Waals surface area contributed by atoms with E-state index < -0.39 is 0 Å². The SMILES string of the molecule is CC(NC(=O)c1cc(Cl)ccc1Cl)C1(c2ccc(Br)cc2)CC1. The van der Waals surface area contributed by atoms with E-state index in [1.54, 1.807) is 18.2 Å². The highest BCUT2D eigenvalue weighted by molar-refractivity contribution is 9.10. The van der Waals surface area contributed by atoms with E-state index in [0.29, 0.717) is 15.6 Å². The number of hydrogen-bond acceptors (Lipinski definition) is 1. The highest BCUT2D eigenvalue weighted by Crippen LogP contribution is 2.51. The molecule has 120 valence electrons. The third-order valence-corrected chi connectivity index (χ3v) is 5.65. The van der Waals surface area contributed by atoms with E-state index in [-0.39, 0.29) is 17.4 Å². The van der Waals surface area contributed by atoms with Crippen LogP contribution in [-0.4, -0.2) is 11.9 Å². The monoisotopic (exact) mass is 411 g/mol. The molecular weight excluding hydrogens is 397 g/mol. The molecule has 1 saturated carbocycles. The van der Waals surface area contributed by atoms with Gasteiger partial charge in [0.05, 0.1) is 10.6 Å². The lowest BCUT2D eigenvalue weighted by molar-refractivity contribution is 0.0932. The van der Waals surface area contributed by atoms with Crippen molar-refractivity contribution < 1.29 is 4.79 Å². The first-order valence-corrected chi connectivity index (χ1v) is 8.99. The summed E-state index contributed by atoms with van der Waals surface area (Å²) >= 11 is 15.5. The summed E-state index contributed by atoms with van der Waals surface area (Å²) in [5.41, 5.74) is 1.69. The lowest BCUT2D eigenvalue weighted by Gasteiger charge is -2.25. The van der Waals surface area contributed by atoms with Gasteiger partial charge in [0, 0.05) is 21.0 Å². The van der Waals surface area contributed by atoms with Crippen molar-refractivity contribution in [3.8, 4) is 0 Å². The molecule has 0 saturated heterocycles. The van der Waals surface area contributed by atoms with Crippen LogP contribution in [0.25, 0.3) is 0 Å². The van der Waals surface area contributed by atoms with Crippen LogP contribution < -0.4 is 5.32 Å². The topological polar surface area (TPSA) is 29.1 Å². The van der Waals surface area contributed by atoms with Crippen LogP contribution >= 0.6 is 39.1 Å². The van der Waals surface area contributed by atoms with E-state index in [0.717, 1.165) is 17.3 Å². The van der Waals surface area contributed by atoms with Crippen LogP contribution in [0, 0.1) is 0 Å². The van der Waals surface area contributed by atoms with Gasteiger partial charge in [-0.15, -0.1) is 0 Å². The molecule has 1 atom stereocenters. The van der Waals surface area contributed by atoms with Crippen LogP contribution in [0.3, 0.4) is 0 Å². The van der Waals surface area contributed by atoms with Gasteiger partial charge in [-0.1, -0.05) is 51.3 Å². The molecule has 0 radical (unpaired) electrons. The zero-order valence-corrected chi connectivity index (χ0v) is 15.7. The second-order valence-electron chi connectivity index (χ2n) is 5.98. The second-order valence-corrected chi connectivity index (χ2v) is 7.74. The summed E-state index contributed by atoms with van der Waals surface area (Å²) in [4.78, 5) is 12.5. The lowest BCUT2D eigenvalue weighted by Crippen LogP contribution is -2.41. The Bertz CT molecular complexity index is 741. The second kappa shape index (κ2) is 6.46. The van der Waals surface area contributed by atoms with Crippen LogP contribution in [-0.2, 0) is 5.41 Å². The number of rotatable bonds is 4. The van der Waals surface area contributed by atoms with Crippen molar-refractivity contribution in [1.82, 2.24) is 5.32 Å². The van der Waals surface area contributed by atoms with E-state index in [2.05, 4.69) is 33.4 Å². The van der Waals surface area contributed by atoms with Gasteiger partial charge in [0.2, 0.25) is 0 Å². The molecule has 5 heteroatoms. The molecule has 0 spiro atoms. The average molecular weight is 413 g/mol. The van der Waals surface area contributed by atoms with E-state index in [9.17, 15) is 4.79 Å². The highest BCUT2D eigenvalue weighted by Gasteiger charge is 2.49. The summed E-state index contributed by atoms with van der Waals surface area (Å²) in [5.74, 6) is -0.187. The minimum absolute atomic E-state index is 0.0153. The summed E-state index contributed by atoms with van der Waals surface area (Å²) in [6.45, 7) is 2.05. The third-order valence-electron chi connectivity index (χ3n) is 4.56. The van der Waals surface area contributed by atoms with Crippen molar-refractivity contribution in [3.63, 3.8) is 0 Å². The minimum Gasteiger partial charge on any atom is -0.349 e. The van der Waals surface area contributed by atoms with Gasteiger partial charge >= 0.3 is 0 Å². The maximum absolute atomic E-state index is 12.5. The number of hydrogen-bond donors (Lipinski definition) is 1. The molecule has 1 aliphatic rings. The number of halogens is 3. The van der Waals surface area contributed by atoms with Crippen molar-refractivity contribution in [2.24, 2.45) is 0 Å². The van der Waals surface area contributed by atoms with Crippen molar-refractivity contribution in [2.75, 3.05) is 0 Å². The maximum atomic E-state index is 12.5. The van der Waals surface area contributed by atoms with Crippen molar-refractivity contribution >= 4 is 45.0 Å². The standard InChI is InChI=1S/C18H16BrCl2NO/c1-11(18(8-9-18)12-2-4-13(19)5-3-12)22-17(23)15-10-14(20)6-7-16(15)21/h2-7,10-11H,8-9H2,1H3,(H,22,23). The maximum Gasteiger partial charge on any atom is 0.253 e. The largest absolute Gasteiger partial charge is 0.349 e. The summed E-state index contributed by atoms with van der Waals surface area (Å²) < 4.78 is 1.06. The van der Waals surface area contributed by atoms with Gasteiger partial charge in [0.1, 0.15) is 0 Å². The summed E-state index contributed by atoms with van der Waals surface area (Å²) in [6.07, 6.45) is 2.14. The Balaban J connectivity index is 1.78. The first kappa shape index (κ1) is 16.8. The van der Waals surface area contributed by atoms with Crippen molar-refractivity contribution in [1.29, 1.82) is 0 Å². The Morgan fingerprint density at radius 3 is 2.43 bits per heavy atom. The Hall–Kier alpha value is -1.03.